The summed E-state index contributed by atoms with van der Waals surface area (Å²) in [6.45, 7) is 2.85. The van der Waals surface area contributed by atoms with Gasteiger partial charge in [-0.2, -0.15) is 0 Å². The average Bonchev–Trinajstić information content (AvgIpc) is 3.33. The van der Waals surface area contributed by atoms with Gasteiger partial charge in [0.05, 0.1) is 12.1 Å². The number of ether oxygens (including phenoxy) is 1. The highest BCUT2D eigenvalue weighted by Crippen LogP contribution is 2.41. The van der Waals surface area contributed by atoms with Gasteiger partial charge in [0.1, 0.15) is 17.5 Å². The molecule has 108 valence electrons. The van der Waals surface area contributed by atoms with Crippen molar-refractivity contribution in [1.82, 2.24) is 9.97 Å². The molecule has 1 aromatic heterocycles. The molecule has 3 aliphatic rings. The fraction of sp³-hybridized carbons (Fsp3) is 0.733. The number of nitrogens with one attached hydrogen (secondary N) is 1. The Bertz CT molecular complexity index is 525. The monoisotopic (exact) mass is 274 g/mol. The maximum absolute atomic E-state index is 6.05. The molecule has 3 fully saturated rings. The second-order valence-corrected chi connectivity index (χ2v) is 6.43. The quantitative estimate of drug-likeness (QED) is 0.880. The van der Waals surface area contributed by atoms with Crippen LogP contribution in [0.3, 0.4) is 0 Å². The molecule has 2 saturated carbocycles. The van der Waals surface area contributed by atoms with Crippen molar-refractivity contribution in [1.29, 1.82) is 0 Å². The predicted octanol–water partition coefficient (Wildman–Crippen LogP) is 2.22. The molecule has 4 rings (SSSR count). The Morgan fingerprint density at radius 3 is 2.65 bits per heavy atom. The third kappa shape index (κ3) is 2.24. The second-order valence-electron chi connectivity index (χ2n) is 6.43. The van der Waals surface area contributed by atoms with Gasteiger partial charge in [0, 0.05) is 18.1 Å². The standard InChI is InChI=1S/C15H22N4O/c1-8-13(16)18-15(10-4-5-10)19-14(8)17-11-6-7-20-12(11)9-2-3-9/h9-12H,2-7H2,1H3,(H3,16,17,18,19). The number of nitrogens with two attached hydrogens (primary N) is 1. The van der Waals surface area contributed by atoms with E-state index in [-0.39, 0.29) is 0 Å². The zero-order valence-corrected chi connectivity index (χ0v) is 11.9. The lowest BCUT2D eigenvalue weighted by Crippen LogP contribution is -2.32. The van der Waals surface area contributed by atoms with Crippen LogP contribution >= 0.6 is 0 Å². The first-order valence-electron chi connectivity index (χ1n) is 7.74. The van der Waals surface area contributed by atoms with E-state index in [0.717, 1.165) is 36.2 Å². The van der Waals surface area contributed by atoms with Gasteiger partial charge in [0.2, 0.25) is 0 Å². The molecular weight excluding hydrogens is 252 g/mol. The highest BCUT2D eigenvalue weighted by molar-refractivity contribution is 5.55. The first-order valence-corrected chi connectivity index (χ1v) is 7.74. The van der Waals surface area contributed by atoms with E-state index in [4.69, 9.17) is 15.5 Å². The molecule has 0 amide bonds. The topological polar surface area (TPSA) is 73.1 Å². The first kappa shape index (κ1) is 12.4. The summed E-state index contributed by atoms with van der Waals surface area (Å²) < 4.78 is 5.88. The van der Waals surface area contributed by atoms with Gasteiger partial charge in [-0.3, -0.25) is 0 Å². The van der Waals surface area contributed by atoms with Crippen molar-refractivity contribution in [3.05, 3.63) is 11.4 Å². The fourth-order valence-electron chi connectivity index (χ4n) is 3.05. The predicted molar refractivity (Wildman–Crippen MR) is 77.6 cm³/mol. The van der Waals surface area contributed by atoms with Crippen molar-refractivity contribution in [2.75, 3.05) is 17.7 Å². The van der Waals surface area contributed by atoms with Gasteiger partial charge in [-0.05, 0) is 44.9 Å². The van der Waals surface area contributed by atoms with Crippen molar-refractivity contribution >= 4 is 11.6 Å². The molecule has 1 aliphatic heterocycles. The smallest absolute Gasteiger partial charge is 0.136 e. The molecule has 0 radical (unpaired) electrons. The zero-order valence-electron chi connectivity index (χ0n) is 11.9. The molecule has 0 spiro atoms. The summed E-state index contributed by atoms with van der Waals surface area (Å²) in [7, 11) is 0. The van der Waals surface area contributed by atoms with Crippen LogP contribution in [-0.2, 0) is 4.74 Å². The van der Waals surface area contributed by atoms with Crippen LogP contribution in [0.1, 0.15) is 49.4 Å². The third-order valence-electron chi connectivity index (χ3n) is 4.69. The van der Waals surface area contributed by atoms with Crippen LogP contribution in [0.4, 0.5) is 11.6 Å². The van der Waals surface area contributed by atoms with Gasteiger partial charge in [0.15, 0.2) is 0 Å². The molecule has 0 bridgehead atoms. The van der Waals surface area contributed by atoms with Crippen molar-refractivity contribution in [2.45, 2.75) is 57.1 Å². The maximum atomic E-state index is 6.05. The van der Waals surface area contributed by atoms with Crippen LogP contribution < -0.4 is 11.1 Å². The maximum Gasteiger partial charge on any atom is 0.136 e. The molecule has 1 saturated heterocycles. The molecular formula is C15H22N4O. The van der Waals surface area contributed by atoms with Crippen LogP contribution in [0.2, 0.25) is 0 Å². The van der Waals surface area contributed by atoms with Crippen LogP contribution in [0.5, 0.6) is 0 Å². The van der Waals surface area contributed by atoms with Crippen molar-refractivity contribution in [3.63, 3.8) is 0 Å². The Hall–Kier alpha value is -1.36. The van der Waals surface area contributed by atoms with Crippen LogP contribution in [0.25, 0.3) is 0 Å². The number of nitrogen functional groups attached to an aromatic ring is 1. The summed E-state index contributed by atoms with van der Waals surface area (Å²) in [5, 5.41) is 3.59. The summed E-state index contributed by atoms with van der Waals surface area (Å²) in [5.41, 5.74) is 7.01. The number of hydrogen-bond donors (Lipinski definition) is 2. The van der Waals surface area contributed by atoms with E-state index < -0.39 is 0 Å². The van der Waals surface area contributed by atoms with Crippen molar-refractivity contribution in [3.8, 4) is 0 Å². The van der Waals surface area contributed by atoms with Crippen LogP contribution in [-0.4, -0.2) is 28.7 Å². The number of rotatable bonds is 4. The van der Waals surface area contributed by atoms with Crippen LogP contribution in [0.15, 0.2) is 0 Å². The Labute approximate surface area is 119 Å². The minimum Gasteiger partial charge on any atom is -0.383 e. The molecule has 5 heteroatoms. The molecule has 2 heterocycles. The van der Waals surface area contributed by atoms with Gasteiger partial charge in [-0.25, -0.2) is 9.97 Å². The lowest BCUT2D eigenvalue weighted by atomic mass is 10.1. The van der Waals surface area contributed by atoms with E-state index in [1.807, 2.05) is 6.92 Å². The van der Waals surface area contributed by atoms with Gasteiger partial charge in [-0.1, -0.05) is 0 Å². The second kappa shape index (κ2) is 4.58. The summed E-state index contributed by atoms with van der Waals surface area (Å²) in [5.74, 6) is 3.72. The highest BCUT2D eigenvalue weighted by atomic mass is 16.5. The number of hydrogen-bond acceptors (Lipinski definition) is 5. The van der Waals surface area contributed by atoms with E-state index in [0.29, 0.717) is 23.9 Å². The van der Waals surface area contributed by atoms with Gasteiger partial charge in [-0.15, -0.1) is 0 Å². The number of anilines is 2. The number of nitrogens with zero attached hydrogens (tertiary/aromatic N) is 2. The fourth-order valence-corrected chi connectivity index (χ4v) is 3.05. The normalized spacial score (nSPS) is 29.6. The molecule has 1 aromatic rings. The van der Waals surface area contributed by atoms with E-state index in [1.54, 1.807) is 0 Å². The molecule has 2 atom stereocenters. The molecule has 0 aromatic carbocycles. The van der Waals surface area contributed by atoms with E-state index in [1.165, 1.54) is 25.7 Å². The van der Waals surface area contributed by atoms with E-state index in [9.17, 15) is 0 Å². The Morgan fingerprint density at radius 2 is 1.95 bits per heavy atom. The zero-order chi connectivity index (χ0) is 13.7. The largest absolute Gasteiger partial charge is 0.383 e. The SMILES string of the molecule is Cc1c(N)nc(C2CC2)nc1NC1CCOC1C1CC1. The van der Waals surface area contributed by atoms with Crippen molar-refractivity contribution < 1.29 is 4.74 Å². The van der Waals surface area contributed by atoms with Gasteiger partial charge in [0.25, 0.3) is 0 Å². The Morgan fingerprint density at radius 1 is 1.15 bits per heavy atom. The Kier molecular flexibility index (Phi) is 2.84. The molecule has 5 nitrogen and oxygen atoms in total. The minimum atomic E-state index is 0.356. The van der Waals surface area contributed by atoms with Crippen molar-refractivity contribution in [2.24, 2.45) is 5.92 Å². The molecule has 2 unspecified atom stereocenters. The summed E-state index contributed by atoms with van der Waals surface area (Å²) in [6, 6.07) is 0.377. The van der Waals surface area contributed by atoms with Crippen LogP contribution in [0, 0.1) is 12.8 Å². The van der Waals surface area contributed by atoms with E-state index >= 15 is 0 Å². The van der Waals surface area contributed by atoms with Gasteiger partial charge < -0.3 is 15.8 Å². The van der Waals surface area contributed by atoms with Gasteiger partial charge >= 0.3 is 0 Å². The minimum absolute atomic E-state index is 0.356. The Balaban J connectivity index is 1.57. The summed E-state index contributed by atoms with van der Waals surface area (Å²) in [4.78, 5) is 9.15. The molecule has 20 heavy (non-hydrogen) atoms. The summed E-state index contributed by atoms with van der Waals surface area (Å²) >= 11 is 0. The lowest BCUT2D eigenvalue weighted by Gasteiger charge is -2.21. The molecule has 2 aliphatic carbocycles. The lowest BCUT2D eigenvalue weighted by molar-refractivity contribution is 0.0898. The highest BCUT2D eigenvalue weighted by Gasteiger charge is 2.41. The first-order chi connectivity index (χ1) is 9.72. The third-order valence-corrected chi connectivity index (χ3v) is 4.69. The molecule has 3 N–H and O–H groups in total. The van der Waals surface area contributed by atoms with E-state index in [2.05, 4.69) is 10.3 Å². The average molecular weight is 274 g/mol. The number of aromatic nitrogens is 2. The summed E-state index contributed by atoms with van der Waals surface area (Å²) in [6.07, 6.45) is 6.42.